The van der Waals surface area contributed by atoms with E-state index in [9.17, 15) is 4.79 Å². The molecule has 1 aromatic carbocycles. The molecule has 17 heavy (non-hydrogen) atoms. The van der Waals surface area contributed by atoms with Gasteiger partial charge in [0, 0.05) is 29.1 Å². The number of esters is 1. The molecule has 0 N–H and O–H groups in total. The molecular formula is C13H15NO2S. The number of benzene rings is 1. The van der Waals surface area contributed by atoms with Crippen molar-refractivity contribution in [1.82, 2.24) is 0 Å². The van der Waals surface area contributed by atoms with E-state index in [0.717, 1.165) is 0 Å². The Morgan fingerprint density at radius 3 is 2.94 bits per heavy atom. The molecule has 0 saturated heterocycles. The number of rotatable bonds is 4. The van der Waals surface area contributed by atoms with E-state index >= 15 is 0 Å². The SMILES string of the molecule is COC(=O)CCN(C)c1csc2ccccc12. The van der Waals surface area contributed by atoms with Crippen molar-refractivity contribution in [2.45, 2.75) is 6.42 Å². The fraction of sp³-hybridized carbons (Fsp3) is 0.308. The number of methoxy groups -OCH3 is 1. The molecule has 0 aliphatic rings. The first-order valence-corrected chi connectivity index (χ1v) is 6.34. The second-order valence-electron chi connectivity index (χ2n) is 3.86. The quantitative estimate of drug-likeness (QED) is 0.780. The molecule has 4 heteroatoms. The van der Waals surface area contributed by atoms with Crippen molar-refractivity contribution < 1.29 is 9.53 Å². The molecule has 0 spiro atoms. The van der Waals surface area contributed by atoms with Crippen LogP contribution in [0.5, 0.6) is 0 Å². The molecule has 2 rings (SSSR count). The summed E-state index contributed by atoms with van der Waals surface area (Å²) in [5.41, 5.74) is 1.18. The number of nitrogens with zero attached hydrogens (tertiary/aromatic N) is 1. The molecule has 0 bridgehead atoms. The Bertz CT molecular complexity index is 521. The standard InChI is InChI=1S/C13H15NO2S/c1-14(8-7-13(15)16-2)11-9-17-12-6-4-3-5-10(11)12/h3-6,9H,7-8H2,1-2H3. The van der Waals surface area contributed by atoms with Crippen LogP contribution < -0.4 is 4.90 Å². The maximum Gasteiger partial charge on any atom is 0.307 e. The molecular weight excluding hydrogens is 234 g/mol. The van der Waals surface area contributed by atoms with Crippen LogP contribution in [0.1, 0.15) is 6.42 Å². The zero-order valence-corrected chi connectivity index (χ0v) is 10.8. The average molecular weight is 249 g/mol. The molecule has 1 aromatic heterocycles. The van der Waals surface area contributed by atoms with Crippen molar-refractivity contribution in [3.63, 3.8) is 0 Å². The molecule has 3 nitrogen and oxygen atoms in total. The molecule has 0 amide bonds. The molecule has 0 unspecified atom stereocenters. The van der Waals surface area contributed by atoms with E-state index in [0.29, 0.717) is 13.0 Å². The van der Waals surface area contributed by atoms with Crippen LogP contribution in [0.4, 0.5) is 5.69 Å². The largest absolute Gasteiger partial charge is 0.469 e. The molecule has 1 heterocycles. The van der Waals surface area contributed by atoms with Gasteiger partial charge in [0.25, 0.3) is 0 Å². The first-order chi connectivity index (χ1) is 8.22. The highest BCUT2D eigenvalue weighted by atomic mass is 32.1. The minimum atomic E-state index is -0.170. The number of carbonyl (C=O) groups is 1. The monoisotopic (exact) mass is 249 g/mol. The summed E-state index contributed by atoms with van der Waals surface area (Å²) in [5.74, 6) is -0.170. The predicted octanol–water partition coefficient (Wildman–Crippen LogP) is 2.90. The molecule has 0 atom stereocenters. The first kappa shape index (κ1) is 11.9. The highest BCUT2D eigenvalue weighted by Gasteiger charge is 2.09. The summed E-state index contributed by atoms with van der Waals surface area (Å²) in [4.78, 5) is 13.2. The third-order valence-corrected chi connectivity index (χ3v) is 3.70. The lowest BCUT2D eigenvalue weighted by atomic mass is 10.2. The molecule has 0 saturated carbocycles. The highest BCUT2D eigenvalue weighted by molar-refractivity contribution is 7.17. The number of fused-ring (bicyclic) bond motifs is 1. The summed E-state index contributed by atoms with van der Waals surface area (Å²) in [6.45, 7) is 0.674. The average Bonchev–Trinajstić information content (AvgIpc) is 2.79. The van der Waals surface area contributed by atoms with Crippen molar-refractivity contribution in [2.24, 2.45) is 0 Å². The maximum absolute atomic E-state index is 11.1. The summed E-state index contributed by atoms with van der Waals surface area (Å²) >= 11 is 1.72. The number of thiophene rings is 1. The minimum Gasteiger partial charge on any atom is -0.469 e. The summed E-state index contributed by atoms with van der Waals surface area (Å²) in [6, 6.07) is 8.29. The highest BCUT2D eigenvalue weighted by Crippen LogP contribution is 2.32. The van der Waals surface area contributed by atoms with Crippen molar-refractivity contribution in [3.05, 3.63) is 29.6 Å². The Hall–Kier alpha value is -1.55. The lowest BCUT2D eigenvalue weighted by Gasteiger charge is -2.17. The lowest BCUT2D eigenvalue weighted by molar-refractivity contribution is -0.140. The number of hydrogen-bond donors (Lipinski definition) is 0. The number of hydrogen-bond acceptors (Lipinski definition) is 4. The molecule has 0 aliphatic carbocycles. The zero-order valence-electron chi connectivity index (χ0n) is 9.97. The van der Waals surface area contributed by atoms with Crippen LogP contribution in [0.25, 0.3) is 10.1 Å². The van der Waals surface area contributed by atoms with E-state index in [1.807, 2.05) is 19.2 Å². The van der Waals surface area contributed by atoms with Crippen LogP contribution in [0.15, 0.2) is 29.6 Å². The lowest BCUT2D eigenvalue weighted by Crippen LogP contribution is -2.21. The fourth-order valence-corrected chi connectivity index (χ4v) is 2.74. The molecule has 0 aliphatic heterocycles. The van der Waals surface area contributed by atoms with Crippen LogP contribution in [-0.4, -0.2) is 26.7 Å². The van der Waals surface area contributed by atoms with Crippen molar-refractivity contribution in [1.29, 1.82) is 0 Å². The van der Waals surface area contributed by atoms with E-state index in [4.69, 9.17) is 0 Å². The van der Waals surface area contributed by atoms with E-state index in [1.165, 1.54) is 22.9 Å². The van der Waals surface area contributed by atoms with Gasteiger partial charge in [0.15, 0.2) is 0 Å². The van der Waals surface area contributed by atoms with Crippen LogP contribution in [0.2, 0.25) is 0 Å². The first-order valence-electron chi connectivity index (χ1n) is 5.46. The minimum absolute atomic E-state index is 0.170. The van der Waals surface area contributed by atoms with Gasteiger partial charge in [-0.05, 0) is 6.07 Å². The third kappa shape index (κ3) is 2.58. The van der Waals surface area contributed by atoms with Crippen molar-refractivity contribution >= 4 is 33.1 Å². The summed E-state index contributed by atoms with van der Waals surface area (Å²) < 4.78 is 5.91. The van der Waals surface area contributed by atoms with Crippen molar-refractivity contribution in [3.8, 4) is 0 Å². The smallest absolute Gasteiger partial charge is 0.307 e. The normalized spacial score (nSPS) is 10.5. The maximum atomic E-state index is 11.1. The van der Waals surface area contributed by atoms with Gasteiger partial charge in [-0.15, -0.1) is 11.3 Å². The van der Waals surface area contributed by atoms with Gasteiger partial charge in [0.05, 0.1) is 19.2 Å². The van der Waals surface area contributed by atoms with Gasteiger partial charge in [-0.25, -0.2) is 0 Å². The van der Waals surface area contributed by atoms with Gasteiger partial charge >= 0.3 is 5.97 Å². The summed E-state index contributed by atoms with van der Waals surface area (Å²) in [7, 11) is 3.42. The van der Waals surface area contributed by atoms with Gasteiger partial charge in [-0.1, -0.05) is 18.2 Å². The summed E-state index contributed by atoms with van der Waals surface area (Å²) in [5, 5.41) is 3.37. The Labute approximate surface area is 105 Å². The molecule has 90 valence electrons. The number of carbonyl (C=O) groups excluding carboxylic acids is 1. The Morgan fingerprint density at radius 1 is 1.41 bits per heavy atom. The predicted molar refractivity (Wildman–Crippen MR) is 71.7 cm³/mol. The van der Waals surface area contributed by atoms with Crippen LogP contribution >= 0.6 is 11.3 Å². The van der Waals surface area contributed by atoms with E-state index in [2.05, 4.69) is 27.1 Å². The van der Waals surface area contributed by atoms with Crippen LogP contribution in [0, 0.1) is 0 Å². The zero-order chi connectivity index (χ0) is 12.3. The third-order valence-electron chi connectivity index (χ3n) is 2.75. The van der Waals surface area contributed by atoms with E-state index in [1.54, 1.807) is 11.3 Å². The molecule has 0 radical (unpaired) electrons. The van der Waals surface area contributed by atoms with Crippen LogP contribution in [0.3, 0.4) is 0 Å². The molecule has 2 aromatic rings. The van der Waals surface area contributed by atoms with Gasteiger partial charge in [-0.3, -0.25) is 4.79 Å². The van der Waals surface area contributed by atoms with Crippen molar-refractivity contribution in [2.75, 3.05) is 25.6 Å². The summed E-state index contributed by atoms with van der Waals surface area (Å²) in [6.07, 6.45) is 0.414. The van der Waals surface area contributed by atoms with Gasteiger partial charge in [0.1, 0.15) is 0 Å². The van der Waals surface area contributed by atoms with Gasteiger partial charge in [0.2, 0.25) is 0 Å². The second kappa shape index (κ2) is 5.19. The number of ether oxygens (including phenoxy) is 1. The number of anilines is 1. The fourth-order valence-electron chi connectivity index (χ4n) is 1.74. The second-order valence-corrected chi connectivity index (χ2v) is 4.78. The Balaban J connectivity index is 2.13. The Morgan fingerprint density at radius 2 is 2.18 bits per heavy atom. The van der Waals surface area contributed by atoms with E-state index < -0.39 is 0 Å². The van der Waals surface area contributed by atoms with Crippen LogP contribution in [-0.2, 0) is 9.53 Å². The topological polar surface area (TPSA) is 29.5 Å². The van der Waals surface area contributed by atoms with E-state index in [-0.39, 0.29) is 5.97 Å². The molecule has 0 fully saturated rings. The van der Waals surface area contributed by atoms with Gasteiger partial charge < -0.3 is 9.64 Å². The Kier molecular flexibility index (Phi) is 3.64. The van der Waals surface area contributed by atoms with Gasteiger partial charge in [-0.2, -0.15) is 0 Å².